The van der Waals surface area contributed by atoms with Gasteiger partial charge in [0.1, 0.15) is 18.1 Å². The molecule has 0 atom stereocenters. The molecule has 0 aliphatic carbocycles. The third kappa shape index (κ3) is 6.39. The molecule has 0 unspecified atom stereocenters. The van der Waals surface area contributed by atoms with Crippen LogP contribution in [0.15, 0.2) is 60.7 Å². The number of benzene rings is 3. The smallest absolute Gasteiger partial charge is 0.489 e. The van der Waals surface area contributed by atoms with E-state index in [1.54, 1.807) is 24.3 Å². The van der Waals surface area contributed by atoms with Crippen LogP contribution in [-0.2, 0) is 6.61 Å². The number of aryl methyl sites for hydroxylation is 1. The molecule has 0 aliphatic heterocycles. The monoisotopic (exact) mass is 478 g/mol. The Bertz CT molecular complexity index is 1200. The minimum absolute atomic E-state index is 0.00938. The van der Waals surface area contributed by atoms with Crippen LogP contribution in [0, 0.1) is 6.92 Å². The van der Waals surface area contributed by atoms with Crippen LogP contribution in [0.1, 0.15) is 27.0 Å². The SMILES string of the molecule is Cc1cc(COc2ccc(NC(N)=O)c(C(=O)c3ccccc3Cl)c2)ccc1OC(F)(F)F. The normalized spacial score (nSPS) is 11.1. The Hall–Kier alpha value is -3.72. The molecule has 0 spiro atoms. The van der Waals surface area contributed by atoms with E-state index in [4.69, 9.17) is 22.1 Å². The summed E-state index contributed by atoms with van der Waals surface area (Å²) in [5, 5.41) is 2.62. The van der Waals surface area contributed by atoms with Crippen LogP contribution in [0.4, 0.5) is 23.7 Å². The van der Waals surface area contributed by atoms with E-state index in [9.17, 15) is 22.8 Å². The van der Waals surface area contributed by atoms with Crippen molar-refractivity contribution in [2.24, 2.45) is 5.73 Å². The quantitative estimate of drug-likeness (QED) is 0.417. The van der Waals surface area contributed by atoms with Crippen LogP contribution in [0.3, 0.4) is 0 Å². The number of hydrogen-bond acceptors (Lipinski definition) is 4. The fourth-order valence-corrected chi connectivity index (χ4v) is 3.26. The van der Waals surface area contributed by atoms with Gasteiger partial charge in [-0.15, -0.1) is 13.2 Å². The highest BCUT2D eigenvalue weighted by Gasteiger charge is 2.31. The van der Waals surface area contributed by atoms with Gasteiger partial charge in [-0.25, -0.2) is 4.79 Å². The Labute approximate surface area is 192 Å². The van der Waals surface area contributed by atoms with Gasteiger partial charge in [-0.3, -0.25) is 4.79 Å². The number of primary amides is 1. The topological polar surface area (TPSA) is 90.6 Å². The molecule has 10 heteroatoms. The van der Waals surface area contributed by atoms with E-state index in [1.165, 1.54) is 43.3 Å². The van der Waals surface area contributed by atoms with Gasteiger partial charge in [-0.2, -0.15) is 0 Å². The number of hydrogen-bond donors (Lipinski definition) is 2. The molecule has 2 amide bonds. The molecule has 0 fully saturated rings. The zero-order valence-corrected chi connectivity index (χ0v) is 18.0. The summed E-state index contributed by atoms with van der Waals surface area (Å²) in [6.45, 7) is 1.49. The molecule has 3 aromatic rings. The Morgan fingerprint density at radius 3 is 2.39 bits per heavy atom. The van der Waals surface area contributed by atoms with Gasteiger partial charge in [-0.1, -0.05) is 29.8 Å². The standard InChI is InChI=1S/C23H18ClF3N2O4/c1-13-10-14(6-9-20(13)33-23(25,26)27)12-32-15-7-8-19(29-22(28)31)17(11-15)21(30)16-4-2-3-5-18(16)24/h2-11H,12H2,1H3,(H3,28,29,31). The first-order valence-electron chi connectivity index (χ1n) is 9.51. The number of ether oxygens (including phenoxy) is 2. The summed E-state index contributed by atoms with van der Waals surface area (Å²) in [7, 11) is 0. The molecule has 6 nitrogen and oxygen atoms in total. The van der Waals surface area contributed by atoms with E-state index in [0.29, 0.717) is 5.56 Å². The van der Waals surface area contributed by atoms with Crippen molar-refractivity contribution in [3.8, 4) is 11.5 Å². The first kappa shape index (κ1) is 23.9. The average molecular weight is 479 g/mol. The number of nitrogens with two attached hydrogens (primary N) is 1. The number of carbonyl (C=O) groups excluding carboxylic acids is 2. The van der Waals surface area contributed by atoms with Crippen LogP contribution >= 0.6 is 11.6 Å². The molecule has 0 heterocycles. The third-order valence-electron chi connectivity index (χ3n) is 4.48. The Balaban J connectivity index is 1.84. The zero-order chi connectivity index (χ0) is 24.2. The Morgan fingerprint density at radius 1 is 1.03 bits per heavy atom. The number of nitrogens with one attached hydrogen (secondary N) is 1. The van der Waals surface area contributed by atoms with Gasteiger partial charge in [0.25, 0.3) is 0 Å². The van der Waals surface area contributed by atoms with Crippen LogP contribution in [0.25, 0.3) is 0 Å². The molecular formula is C23H18ClF3N2O4. The van der Waals surface area contributed by atoms with Gasteiger partial charge in [0.05, 0.1) is 10.7 Å². The zero-order valence-electron chi connectivity index (χ0n) is 17.2. The Morgan fingerprint density at radius 2 is 1.76 bits per heavy atom. The number of rotatable bonds is 7. The molecule has 0 saturated heterocycles. The summed E-state index contributed by atoms with van der Waals surface area (Å²) in [5.74, 6) is -0.478. The first-order valence-corrected chi connectivity index (χ1v) is 9.89. The number of amides is 2. The van der Waals surface area contributed by atoms with Crippen molar-refractivity contribution < 1.29 is 32.2 Å². The molecule has 3 rings (SSSR count). The lowest BCUT2D eigenvalue weighted by Gasteiger charge is -2.14. The first-order chi connectivity index (χ1) is 15.5. The van der Waals surface area contributed by atoms with E-state index in [1.807, 2.05) is 0 Å². The molecule has 0 aliphatic rings. The van der Waals surface area contributed by atoms with Crippen LogP contribution in [-0.4, -0.2) is 18.2 Å². The lowest BCUT2D eigenvalue weighted by atomic mass is 10.0. The maximum absolute atomic E-state index is 13.1. The summed E-state index contributed by atoms with van der Waals surface area (Å²) in [6, 6.07) is 14.1. The highest BCUT2D eigenvalue weighted by Crippen LogP contribution is 2.29. The summed E-state index contributed by atoms with van der Waals surface area (Å²) in [6.07, 6.45) is -4.78. The lowest BCUT2D eigenvalue weighted by Crippen LogP contribution is -2.21. The summed E-state index contributed by atoms with van der Waals surface area (Å²) in [4.78, 5) is 24.4. The van der Waals surface area contributed by atoms with Crippen molar-refractivity contribution in [3.63, 3.8) is 0 Å². The van der Waals surface area contributed by atoms with Crippen LogP contribution in [0.5, 0.6) is 11.5 Å². The van der Waals surface area contributed by atoms with Crippen molar-refractivity contribution in [2.45, 2.75) is 19.9 Å². The highest BCUT2D eigenvalue weighted by atomic mass is 35.5. The van der Waals surface area contributed by atoms with Crippen molar-refractivity contribution in [1.82, 2.24) is 0 Å². The van der Waals surface area contributed by atoms with Crippen LogP contribution < -0.4 is 20.5 Å². The molecule has 172 valence electrons. The fourth-order valence-electron chi connectivity index (χ4n) is 3.04. The summed E-state index contributed by atoms with van der Waals surface area (Å²) >= 11 is 6.13. The van der Waals surface area contributed by atoms with Gasteiger partial charge < -0.3 is 20.5 Å². The van der Waals surface area contributed by atoms with E-state index in [-0.39, 0.29) is 45.5 Å². The second-order valence-electron chi connectivity index (χ2n) is 6.94. The van der Waals surface area contributed by atoms with E-state index < -0.39 is 18.2 Å². The molecule has 33 heavy (non-hydrogen) atoms. The summed E-state index contributed by atoms with van der Waals surface area (Å²) in [5.41, 5.74) is 6.56. The van der Waals surface area contributed by atoms with Crippen LogP contribution in [0.2, 0.25) is 5.02 Å². The predicted molar refractivity (Wildman–Crippen MR) is 117 cm³/mol. The second-order valence-corrected chi connectivity index (χ2v) is 7.35. The largest absolute Gasteiger partial charge is 0.573 e. The fraction of sp³-hybridized carbons (Fsp3) is 0.130. The van der Waals surface area contributed by atoms with E-state index >= 15 is 0 Å². The molecule has 3 N–H and O–H groups in total. The predicted octanol–water partition coefficient (Wildman–Crippen LogP) is 5.85. The van der Waals surface area contributed by atoms with E-state index in [0.717, 1.165) is 0 Å². The maximum atomic E-state index is 13.1. The number of ketones is 1. The van der Waals surface area contributed by atoms with Crippen molar-refractivity contribution in [3.05, 3.63) is 87.9 Å². The van der Waals surface area contributed by atoms with Gasteiger partial charge in [0, 0.05) is 11.1 Å². The highest BCUT2D eigenvalue weighted by molar-refractivity contribution is 6.35. The number of halogens is 4. The van der Waals surface area contributed by atoms with Crippen molar-refractivity contribution in [1.29, 1.82) is 0 Å². The molecular weight excluding hydrogens is 461 g/mol. The molecule has 0 bridgehead atoms. The second kappa shape index (κ2) is 9.83. The van der Waals surface area contributed by atoms with Gasteiger partial charge in [-0.05, 0) is 60.5 Å². The van der Waals surface area contributed by atoms with Gasteiger partial charge >= 0.3 is 12.4 Å². The van der Waals surface area contributed by atoms with E-state index in [2.05, 4.69) is 10.1 Å². The van der Waals surface area contributed by atoms with Crippen molar-refractivity contribution in [2.75, 3.05) is 5.32 Å². The maximum Gasteiger partial charge on any atom is 0.573 e. The molecule has 3 aromatic carbocycles. The molecule has 0 saturated carbocycles. The number of urea groups is 1. The average Bonchev–Trinajstić information content (AvgIpc) is 2.73. The van der Waals surface area contributed by atoms with Crippen molar-refractivity contribution >= 4 is 29.1 Å². The minimum atomic E-state index is -4.78. The summed E-state index contributed by atoms with van der Waals surface area (Å²) < 4.78 is 47.0. The number of carbonyl (C=O) groups is 2. The Kier molecular flexibility index (Phi) is 7.13. The van der Waals surface area contributed by atoms with Gasteiger partial charge in [0.15, 0.2) is 5.78 Å². The molecule has 0 aromatic heterocycles. The third-order valence-corrected chi connectivity index (χ3v) is 4.81. The van der Waals surface area contributed by atoms with Gasteiger partial charge in [0.2, 0.25) is 0 Å². The molecule has 0 radical (unpaired) electrons. The lowest BCUT2D eigenvalue weighted by molar-refractivity contribution is -0.274. The minimum Gasteiger partial charge on any atom is -0.489 e. The number of anilines is 1. The number of alkyl halides is 3.